The molecule has 1 N–H and O–H groups in total. The molecule has 0 unspecified atom stereocenters. The molecule has 1 aromatic carbocycles. The Morgan fingerprint density at radius 2 is 1.76 bits per heavy atom. The molecule has 0 saturated carbocycles. The number of rotatable bonds is 3. The van der Waals surface area contributed by atoms with Crippen LogP contribution in [0.4, 0.5) is 0 Å². The molecule has 1 aromatic heterocycles. The van der Waals surface area contributed by atoms with E-state index in [0.717, 1.165) is 4.90 Å². The van der Waals surface area contributed by atoms with Gasteiger partial charge in [-0.25, -0.2) is 9.78 Å². The zero-order valence-electron chi connectivity index (χ0n) is 12.1. The third-order valence-electron chi connectivity index (χ3n) is 2.99. The van der Waals surface area contributed by atoms with Crippen LogP contribution < -0.4 is 0 Å². The van der Waals surface area contributed by atoms with Crippen LogP contribution in [0.2, 0.25) is 5.15 Å². The minimum Gasteiger partial charge on any atom is -0.478 e. The molecule has 0 bridgehead atoms. The summed E-state index contributed by atoms with van der Waals surface area (Å²) in [7, 11) is 0. The summed E-state index contributed by atoms with van der Waals surface area (Å²) in [4.78, 5) is 16.3. The highest BCUT2D eigenvalue weighted by atomic mass is 35.5. The van der Waals surface area contributed by atoms with Crippen LogP contribution in [0.5, 0.6) is 0 Å². The lowest BCUT2D eigenvalue weighted by molar-refractivity contribution is 0.0692. The number of benzene rings is 1. The van der Waals surface area contributed by atoms with Crippen molar-refractivity contribution in [2.45, 2.75) is 36.1 Å². The van der Waals surface area contributed by atoms with Gasteiger partial charge in [-0.15, -0.1) is 0 Å². The Morgan fingerprint density at radius 3 is 2.29 bits per heavy atom. The van der Waals surface area contributed by atoms with Crippen molar-refractivity contribution in [2.75, 3.05) is 0 Å². The predicted molar refractivity (Wildman–Crippen MR) is 85.5 cm³/mol. The van der Waals surface area contributed by atoms with Crippen molar-refractivity contribution in [3.05, 3.63) is 52.7 Å². The standard InChI is InChI=1S/C16H16ClNO2S/c1-16(2,3)10-4-6-11(7-5-10)21-14-12(15(19)20)8-9-13(17)18-14/h4-9H,1-3H3,(H,19,20). The van der Waals surface area contributed by atoms with E-state index < -0.39 is 5.97 Å². The second kappa shape index (κ2) is 6.08. The van der Waals surface area contributed by atoms with E-state index in [2.05, 4.69) is 25.8 Å². The van der Waals surface area contributed by atoms with E-state index in [0.29, 0.717) is 5.03 Å². The van der Waals surface area contributed by atoms with E-state index in [1.165, 1.54) is 29.5 Å². The van der Waals surface area contributed by atoms with E-state index in [1.54, 1.807) is 0 Å². The monoisotopic (exact) mass is 321 g/mol. The van der Waals surface area contributed by atoms with Crippen molar-refractivity contribution in [2.24, 2.45) is 0 Å². The molecule has 0 aliphatic rings. The molecule has 2 rings (SSSR count). The molecule has 2 aromatic rings. The molecule has 0 fully saturated rings. The Morgan fingerprint density at radius 1 is 1.14 bits per heavy atom. The smallest absolute Gasteiger partial charge is 0.338 e. The zero-order valence-corrected chi connectivity index (χ0v) is 13.6. The molecule has 0 aliphatic heterocycles. The molecule has 1 heterocycles. The van der Waals surface area contributed by atoms with Crippen LogP contribution in [-0.2, 0) is 5.41 Å². The third-order valence-corrected chi connectivity index (χ3v) is 4.21. The summed E-state index contributed by atoms with van der Waals surface area (Å²) in [5, 5.41) is 9.88. The van der Waals surface area contributed by atoms with Gasteiger partial charge >= 0.3 is 5.97 Å². The topological polar surface area (TPSA) is 50.2 Å². The van der Waals surface area contributed by atoms with E-state index in [1.807, 2.05) is 24.3 Å². The first-order valence-corrected chi connectivity index (χ1v) is 7.65. The molecule has 0 spiro atoms. The number of carboxylic acid groups (broad SMARTS) is 1. The first-order valence-electron chi connectivity index (χ1n) is 6.45. The van der Waals surface area contributed by atoms with Gasteiger partial charge in [0.15, 0.2) is 0 Å². The molecule has 0 aliphatic carbocycles. The maximum atomic E-state index is 11.2. The van der Waals surface area contributed by atoms with Crippen LogP contribution in [0, 0.1) is 0 Å². The van der Waals surface area contributed by atoms with Gasteiger partial charge in [0.05, 0.1) is 5.56 Å². The number of pyridine rings is 1. The Kier molecular flexibility index (Phi) is 4.59. The molecule has 0 atom stereocenters. The number of carbonyl (C=O) groups is 1. The highest BCUT2D eigenvalue weighted by Crippen LogP contribution is 2.32. The van der Waals surface area contributed by atoms with E-state index in [-0.39, 0.29) is 16.1 Å². The van der Waals surface area contributed by atoms with E-state index in [9.17, 15) is 9.90 Å². The third kappa shape index (κ3) is 3.99. The molecule has 0 saturated heterocycles. The van der Waals surface area contributed by atoms with E-state index >= 15 is 0 Å². The first-order chi connectivity index (χ1) is 9.77. The van der Waals surface area contributed by atoms with E-state index in [4.69, 9.17) is 11.6 Å². The quantitative estimate of drug-likeness (QED) is 0.818. The van der Waals surface area contributed by atoms with Crippen molar-refractivity contribution < 1.29 is 9.90 Å². The number of aromatic carboxylic acids is 1. The van der Waals surface area contributed by atoms with Crippen molar-refractivity contribution in [1.29, 1.82) is 0 Å². The lowest BCUT2D eigenvalue weighted by Crippen LogP contribution is -2.10. The van der Waals surface area contributed by atoms with Crippen LogP contribution >= 0.6 is 23.4 Å². The minimum atomic E-state index is -1.01. The molecule has 110 valence electrons. The summed E-state index contributed by atoms with van der Waals surface area (Å²) in [6, 6.07) is 11.0. The van der Waals surface area contributed by atoms with Crippen molar-refractivity contribution in [1.82, 2.24) is 4.98 Å². The fraction of sp³-hybridized carbons (Fsp3) is 0.250. The van der Waals surface area contributed by atoms with Crippen molar-refractivity contribution in [3.63, 3.8) is 0 Å². The molecule has 0 amide bonds. The van der Waals surface area contributed by atoms with Gasteiger partial charge in [-0.1, -0.05) is 56.3 Å². The van der Waals surface area contributed by atoms with Crippen LogP contribution in [0.1, 0.15) is 36.7 Å². The Hall–Kier alpha value is -1.52. The van der Waals surface area contributed by atoms with Gasteiger partial charge in [-0.05, 0) is 35.2 Å². The van der Waals surface area contributed by atoms with Crippen LogP contribution in [0.3, 0.4) is 0 Å². The fourth-order valence-electron chi connectivity index (χ4n) is 1.79. The van der Waals surface area contributed by atoms with Gasteiger partial charge in [-0.3, -0.25) is 0 Å². The molecular formula is C16H16ClNO2S. The average Bonchev–Trinajstić information content (AvgIpc) is 2.38. The van der Waals surface area contributed by atoms with Crippen LogP contribution in [0.25, 0.3) is 0 Å². The largest absolute Gasteiger partial charge is 0.478 e. The normalized spacial score (nSPS) is 11.4. The summed E-state index contributed by atoms with van der Waals surface area (Å²) >= 11 is 7.16. The zero-order chi connectivity index (χ0) is 15.6. The summed E-state index contributed by atoms with van der Waals surface area (Å²) in [6.07, 6.45) is 0. The van der Waals surface area contributed by atoms with Crippen LogP contribution in [-0.4, -0.2) is 16.1 Å². The Labute approximate surface area is 133 Å². The number of halogens is 1. The van der Waals surface area contributed by atoms with Crippen molar-refractivity contribution in [3.8, 4) is 0 Å². The summed E-state index contributed by atoms with van der Waals surface area (Å²) in [5.41, 5.74) is 1.47. The Balaban J connectivity index is 2.30. The van der Waals surface area contributed by atoms with Gasteiger partial charge in [0, 0.05) is 4.90 Å². The average molecular weight is 322 g/mol. The maximum absolute atomic E-state index is 11.2. The lowest BCUT2D eigenvalue weighted by atomic mass is 9.87. The minimum absolute atomic E-state index is 0.0870. The Bertz CT molecular complexity index is 663. The molecule has 5 heteroatoms. The second-order valence-corrected chi connectivity index (χ2v) is 7.12. The van der Waals surface area contributed by atoms with Crippen molar-refractivity contribution >= 4 is 29.3 Å². The number of carboxylic acids is 1. The summed E-state index contributed by atoms with van der Waals surface area (Å²) in [6.45, 7) is 6.45. The molecule has 3 nitrogen and oxygen atoms in total. The summed E-state index contributed by atoms with van der Waals surface area (Å²) < 4.78 is 0. The lowest BCUT2D eigenvalue weighted by Gasteiger charge is -2.19. The first kappa shape index (κ1) is 15.9. The highest BCUT2D eigenvalue weighted by Gasteiger charge is 2.15. The number of nitrogens with zero attached hydrogens (tertiary/aromatic N) is 1. The van der Waals surface area contributed by atoms with Gasteiger partial charge in [0.1, 0.15) is 10.2 Å². The second-order valence-electron chi connectivity index (χ2n) is 5.67. The number of hydrogen-bond donors (Lipinski definition) is 1. The SMILES string of the molecule is CC(C)(C)c1ccc(Sc2nc(Cl)ccc2C(=O)O)cc1. The maximum Gasteiger partial charge on any atom is 0.338 e. The number of aromatic nitrogens is 1. The van der Waals surface area contributed by atoms with Gasteiger partial charge < -0.3 is 5.11 Å². The molecular weight excluding hydrogens is 306 g/mol. The predicted octanol–water partition coefficient (Wildman–Crippen LogP) is 4.88. The van der Waals surface area contributed by atoms with Crippen LogP contribution in [0.15, 0.2) is 46.3 Å². The molecule has 0 radical (unpaired) electrons. The molecule has 21 heavy (non-hydrogen) atoms. The van der Waals surface area contributed by atoms with Gasteiger partial charge in [-0.2, -0.15) is 0 Å². The highest BCUT2D eigenvalue weighted by molar-refractivity contribution is 7.99. The number of hydrogen-bond acceptors (Lipinski definition) is 3. The van der Waals surface area contributed by atoms with Gasteiger partial charge in [0.25, 0.3) is 0 Å². The summed E-state index contributed by atoms with van der Waals surface area (Å²) in [5.74, 6) is -1.01. The fourth-order valence-corrected chi connectivity index (χ4v) is 2.90. The van der Waals surface area contributed by atoms with Gasteiger partial charge in [0.2, 0.25) is 0 Å².